The average Bonchev–Trinajstić information content (AvgIpc) is 2.83. The number of para-hydroxylation sites is 1. The third-order valence-corrected chi connectivity index (χ3v) is 5.13. The highest BCUT2D eigenvalue weighted by Crippen LogP contribution is 2.26. The Labute approximate surface area is 161 Å². The van der Waals surface area contributed by atoms with Gasteiger partial charge in [0.2, 0.25) is 5.91 Å². The van der Waals surface area contributed by atoms with E-state index in [4.69, 9.17) is 0 Å². The summed E-state index contributed by atoms with van der Waals surface area (Å²) < 4.78 is 0. The van der Waals surface area contributed by atoms with Crippen LogP contribution in [0.3, 0.4) is 0 Å². The van der Waals surface area contributed by atoms with Crippen molar-refractivity contribution in [1.29, 1.82) is 0 Å². The van der Waals surface area contributed by atoms with Crippen LogP contribution in [0.15, 0.2) is 18.2 Å². The Balaban J connectivity index is 2.10. The lowest BCUT2D eigenvalue weighted by Crippen LogP contribution is -2.44. The molecule has 0 radical (unpaired) electrons. The monoisotopic (exact) mass is 373 g/mol. The van der Waals surface area contributed by atoms with Crippen LogP contribution in [-0.4, -0.2) is 34.8 Å². The molecule has 1 aromatic carbocycles. The number of urea groups is 1. The van der Waals surface area contributed by atoms with E-state index in [2.05, 4.69) is 24.5 Å². The van der Waals surface area contributed by atoms with E-state index in [1.165, 1.54) is 0 Å². The molecule has 0 saturated carbocycles. The zero-order valence-corrected chi connectivity index (χ0v) is 17.0. The topological polar surface area (TPSA) is 78.5 Å². The Morgan fingerprint density at radius 3 is 2.30 bits per heavy atom. The van der Waals surface area contributed by atoms with Crippen LogP contribution < -0.4 is 10.6 Å². The van der Waals surface area contributed by atoms with E-state index in [0.29, 0.717) is 12.3 Å². The minimum absolute atomic E-state index is 0.275. The summed E-state index contributed by atoms with van der Waals surface area (Å²) >= 11 is 0. The maximum Gasteiger partial charge on any atom is 0.325 e. The van der Waals surface area contributed by atoms with Gasteiger partial charge in [-0.3, -0.25) is 14.5 Å². The van der Waals surface area contributed by atoms with Gasteiger partial charge in [-0.15, -0.1) is 0 Å². The predicted molar refractivity (Wildman–Crippen MR) is 107 cm³/mol. The normalized spacial score (nSPS) is 19.6. The molecule has 1 atom stereocenters. The molecule has 0 aromatic heterocycles. The van der Waals surface area contributed by atoms with Gasteiger partial charge in [-0.05, 0) is 49.7 Å². The standard InChI is InChI=1S/C21H31N3O3/c1-6-15-9-8-10-16(7-2)18(15)22-17(25)13-24-19(26)21(5,23-20(24)27)12-11-14(3)4/h8-10,14H,6-7,11-13H2,1-5H3,(H,22,25)(H,23,27). The number of nitrogens with zero attached hydrogens (tertiary/aromatic N) is 1. The number of hydrogen-bond acceptors (Lipinski definition) is 3. The number of hydrogen-bond donors (Lipinski definition) is 2. The second-order valence-electron chi connectivity index (χ2n) is 7.79. The number of nitrogens with one attached hydrogen (secondary N) is 2. The van der Waals surface area contributed by atoms with Crippen LogP contribution in [0.1, 0.15) is 58.6 Å². The van der Waals surface area contributed by atoms with Crippen LogP contribution >= 0.6 is 0 Å². The second kappa shape index (κ2) is 8.55. The number of anilines is 1. The minimum Gasteiger partial charge on any atom is -0.324 e. The van der Waals surface area contributed by atoms with E-state index < -0.39 is 11.6 Å². The maximum atomic E-state index is 12.7. The largest absolute Gasteiger partial charge is 0.325 e. The van der Waals surface area contributed by atoms with Crippen molar-refractivity contribution in [3.8, 4) is 0 Å². The fraction of sp³-hybridized carbons (Fsp3) is 0.571. The summed E-state index contributed by atoms with van der Waals surface area (Å²) in [5, 5.41) is 5.67. The van der Waals surface area contributed by atoms with Gasteiger partial charge in [0.1, 0.15) is 12.1 Å². The van der Waals surface area contributed by atoms with Crippen LogP contribution in [0.5, 0.6) is 0 Å². The van der Waals surface area contributed by atoms with Gasteiger partial charge in [0.25, 0.3) is 5.91 Å². The Hall–Kier alpha value is -2.37. The van der Waals surface area contributed by atoms with Crippen molar-refractivity contribution in [3.63, 3.8) is 0 Å². The van der Waals surface area contributed by atoms with E-state index in [9.17, 15) is 14.4 Å². The van der Waals surface area contributed by atoms with Gasteiger partial charge < -0.3 is 10.6 Å². The molecule has 1 aromatic rings. The van der Waals surface area contributed by atoms with Gasteiger partial charge in [-0.2, -0.15) is 0 Å². The molecule has 0 aliphatic carbocycles. The molecule has 1 aliphatic heterocycles. The fourth-order valence-corrected chi connectivity index (χ4v) is 3.36. The van der Waals surface area contributed by atoms with Crippen molar-refractivity contribution >= 4 is 23.5 Å². The van der Waals surface area contributed by atoms with E-state index in [-0.39, 0.29) is 18.4 Å². The second-order valence-corrected chi connectivity index (χ2v) is 7.79. The first kappa shape index (κ1) is 20.9. The third-order valence-electron chi connectivity index (χ3n) is 5.13. The van der Waals surface area contributed by atoms with Crippen molar-refractivity contribution in [2.45, 2.75) is 65.8 Å². The first-order valence-corrected chi connectivity index (χ1v) is 9.76. The Morgan fingerprint density at radius 1 is 1.19 bits per heavy atom. The molecular formula is C21H31N3O3. The number of carbonyl (C=O) groups is 3. The van der Waals surface area contributed by atoms with E-state index in [0.717, 1.165) is 41.0 Å². The molecule has 2 rings (SSSR count). The molecular weight excluding hydrogens is 342 g/mol. The lowest BCUT2D eigenvalue weighted by atomic mass is 9.92. The van der Waals surface area contributed by atoms with Crippen LogP contribution in [-0.2, 0) is 22.4 Å². The summed E-state index contributed by atoms with van der Waals surface area (Å²) in [4.78, 5) is 38.7. The molecule has 148 valence electrons. The Morgan fingerprint density at radius 2 is 1.78 bits per heavy atom. The minimum atomic E-state index is -0.933. The molecule has 6 nitrogen and oxygen atoms in total. The predicted octanol–water partition coefficient (Wildman–Crippen LogP) is 3.50. The van der Waals surface area contributed by atoms with Crippen LogP contribution in [0.25, 0.3) is 0 Å². The van der Waals surface area contributed by atoms with Crippen molar-refractivity contribution in [2.75, 3.05) is 11.9 Å². The maximum absolute atomic E-state index is 12.7. The molecule has 6 heteroatoms. The number of benzene rings is 1. The summed E-state index contributed by atoms with van der Waals surface area (Å²) in [6.45, 7) is 9.67. The first-order valence-electron chi connectivity index (χ1n) is 9.76. The van der Waals surface area contributed by atoms with Crippen molar-refractivity contribution in [1.82, 2.24) is 10.2 Å². The molecule has 0 spiro atoms. The summed E-state index contributed by atoms with van der Waals surface area (Å²) in [5.41, 5.74) is 1.95. The van der Waals surface area contributed by atoms with Gasteiger partial charge in [0.15, 0.2) is 0 Å². The highest BCUT2D eigenvalue weighted by atomic mass is 16.2. The fourth-order valence-electron chi connectivity index (χ4n) is 3.36. The van der Waals surface area contributed by atoms with Gasteiger partial charge in [0, 0.05) is 5.69 Å². The molecule has 1 heterocycles. The highest BCUT2D eigenvalue weighted by Gasteiger charge is 2.47. The summed E-state index contributed by atoms with van der Waals surface area (Å²) in [7, 11) is 0. The lowest BCUT2D eigenvalue weighted by Gasteiger charge is -2.22. The van der Waals surface area contributed by atoms with Crippen LogP contribution in [0, 0.1) is 5.92 Å². The molecule has 2 N–H and O–H groups in total. The van der Waals surface area contributed by atoms with Gasteiger partial charge >= 0.3 is 6.03 Å². The van der Waals surface area contributed by atoms with Crippen LogP contribution in [0.4, 0.5) is 10.5 Å². The summed E-state index contributed by atoms with van der Waals surface area (Å²) in [5.74, 6) is -0.258. The lowest BCUT2D eigenvalue weighted by molar-refractivity contribution is -0.133. The van der Waals surface area contributed by atoms with Gasteiger partial charge in [0.05, 0.1) is 0 Å². The van der Waals surface area contributed by atoms with Crippen LogP contribution in [0.2, 0.25) is 0 Å². The molecule has 27 heavy (non-hydrogen) atoms. The van der Waals surface area contributed by atoms with E-state index in [1.54, 1.807) is 6.92 Å². The van der Waals surface area contributed by atoms with Crippen molar-refractivity contribution in [2.24, 2.45) is 5.92 Å². The Bertz CT molecular complexity index is 707. The molecule has 0 bridgehead atoms. The van der Waals surface area contributed by atoms with E-state index in [1.807, 2.05) is 32.0 Å². The zero-order chi connectivity index (χ0) is 20.2. The number of amides is 4. The SMILES string of the molecule is CCc1cccc(CC)c1NC(=O)CN1C(=O)NC(C)(CCC(C)C)C1=O. The molecule has 1 saturated heterocycles. The van der Waals surface area contributed by atoms with E-state index >= 15 is 0 Å². The summed E-state index contributed by atoms with van der Waals surface area (Å²) in [6, 6.07) is 5.43. The molecule has 1 unspecified atom stereocenters. The molecule has 1 aliphatic rings. The zero-order valence-electron chi connectivity index (χ0n) is 17.0. The molecule has 4 amide bonds. The summed E-state index contributed by atoms with van der Waals surface area (Å²) in [6.07, 6.45) is 2.97. The molecule has 1 fully saturated rings. The number of rotatable bonds is 8. The van der Waals surface area contributed by atoms with Crippen molar-refractivity contribution < 1.29 is 14.4 Å². The number of imide groups is 1. The Kier molecular flexibility index (Phi) is 6.63. The number of carbonyl (C=O) groups excluding carboxylic acids is 3. The average molecular weight is 373 g/mol. The van der Waals surface area contributed by atoms with Gasteiger partial charge in [-0.1, -0.05) is 45.9 Å². The van der Waals surface area contributed by atoms with Crippen molar-refractivity contribution in [3.05, 3.63) is 29.3 Å². The smallest absolute Gasteiger partial charge is 0.324 e. The van der Waals surface area contributed by atoms with Gasteiger partial charge in [-0.25, -0.2) is 4.79 Å². The highest BCUT2D eigenvalue weighted by molar-refractivity contribution is 6.10. The number of aryl methyl sites for hydroxylation is 2. The third kappa shape index (κ3) is 4.67. The quantitative estimate of drug-likeness (QED) is 0.685. The first-order chi connectivity index (χ1) is 12.7.